The van der Waals surface area contributed by atoms with E-state index in [1.807, 2.05) is 6.92 Å². The van der Waals surface area contributed by atoms with E-state index in [4.69, 9.17) is 10.2 Å². The summed E-state index contributed by atoms with van der Waals surface area (Å²) in [5, 5.41) is 13.0. The third-order valence-electron chi connectivity index (χ3n) is 1.66. The smallest absolute Gasteiger partial charge is 0.315 e. The summed E-state index contributed by atoms with van der Waals surface area (Å²) in [6, 6.07) is 0.174. The Morgan fingerprint density at radius 1 is 1.64 bits per heavy atom. The fourth-order valence-electron chi connectivity index (χ4n) is 0.767. The third-order valence-corrected chi connectivity index (χ3v) is 1.66. The van der Waals surface area contributed by atoms with Crippen LogP contribution >= 0.6 is 0 Å². The van der Waals surface area contributed by atoms with Gasteiger partial charge in [0.25, 0.3) is 0 Å². The highest BCUT2D eigenvalue weighted by molar-refractivity contribution is 5.78. The van der Waals surface area contributed by atoms with Crippen molar-refractivity contribution in [1.82, 2.24) is 15.5 Å². The standard InChI is InChI=1S/C7H13N5O2/c1-4(9-2)6-11-12-7(14-6)10-3-5(8)13/h4,9H,3H2,1-2H3,(H2,8,13)(H,10,12). The highest BCUT2D eigenvalue weighted by Gasteiger charge is 2.11. The van der Waals surface area contributed by atoms with E-state index < -0.39 is 5.91 Å². The lowest BCUT2D eigenvalue weighted by molar-refractivity contribution is -0.116. The number of hydrogen-bond donors (Lipinski definition) is 3. The van der Waals surface area contributed by atoms with E-state index in [0.717, 1.165) is 0 Å². The van der Waals surface area contributed by atoms with Crippen LogP contribution in [0.5, 0.6) is 0 Å². The summed E-state index contributed by atoms with van der Waals surface area (Å²) in [4.78, 5) is 10.4. The minimum atomic E-state index is -0.480. The van der Waals surface area contributed by atoms with E-state index in [1.165, 1.54) is 0 Å². The van der Waals surface area contributed by atoms with Crippen LogP contribution in [0, 0.1) is 0 Å². The molecule has 0 bridgehead atoms. The van der Waals surface area contributed by atoms with Crippen molar-refractivity contribution < 1.29 is 9.21 Å². The van der Waals surface area contributed by atoms with Gasteiger partial charge in [0.2, 0.25) is 11.8 Å². The van der Waals surface area contributed by atoms with Crippen LogP contribution in [-0.4, -0.2) is 29.7 Å². The van der Waals surface area contributed by atoms with Crippen molar-refractivity contribution in [2.45, 2.75) is 13.0 Å². The second kappa shape index (κ2) is 4.56. The summed E-state index contributed by atoms with van der Waals surface area (Å²) >= 11 is 0. The molecule has 78 valence electrons. The molecule has 14 heavy (non-hydrogen) atoms. The molecule has 0 saturated heterocycles. The molecule has 1 aromatic rings. The molecule has 0 aliphatic heterocycles. The number of nitrogens with two attached hydrogens (primary N) is 1. The number of hydrogen-bond acceptors (Lipinski definition) is 6. The Kier molecular flexibility index (Phi) is 3.41. The number of nitrogens with zero attached hydrogens (tertiary/aromatic N) is 2. The number of carbonyl (C=O) groups is 1. The summed E-state index contributed by atoms with van der Waals surface area (Å²) in [6.45, 7) is 1.86. The van der Waals surface area contributed by atoms with Crippen LogP contribution in [-0.2, 0) is 4.79 Å². The molecule has 0 saturated carbocycles. The summed E-state index contributed by atoms with van der Waals surface area (Å²) in [5.74, 6) is -0.0223. The SMILES string of the molecule is CNC(C)c1nnc(NCC(N)=O)o1. The predicted molar refractivity (Wildman–Crippen MR) is 49.5 cm³/mol. The molecule has 1 unspecified atom stereocenters. The van der Waals surface area contributed by atoms with E-state index in [0.29, 0.717) is 5.89 Å². The first-order valence-electron chi connectivity index (χ1n) is 4.16. The molecule has 0 aromatic carbocycles. The van der Waals surface area contributed by atoms with Gasteiger partial charge in [-0.25, -0.2) is 0 Å². The average Bonchev–Trinajstić information content (AvgIpc) is 2.62. The molecule has 1 amide bonds. The van der Waals surface area contributed by atoms with Gasteiger partial charge in [0, 0.05) is 0 Å². The molecule has 1 aromatic heterocycles. The molecule has 0 radical (unpaired) electrons. The fraction of sp³-hybridized carbons (Fsp3) is 0.571. The maximum Gasteiger partial charge on any atom is 0.315 e. The largest absolute Gasteiger partial charge is 0.406 e. The predicted octanol–water partition coefficient (Wildman–Crippen LogP) is -0.753. The Hall–Kier alpha value is -1.63. The first-order chi connectivity index (χ1) is 6.63. The zero-order valence-electron chi connectivity index (χ0n) is 8.07. The summed E-state index contributed by atoms with van der Waals surface area (Å²) < 4.78 is 5.18. The van der Waals surface area contributed by atoms with Gasteiger partial charge in [0.15, 0.2) is 0 Å². The molecule has 0 fully saturated rings. The van der Waals surface area contributed by atoms with Crippen molar-refractivity contribution in [2.75, 3.05) is 18.9 Å². The summed E-state index contributed by atoms with van der Waals surface area (Å²) in [7, 11) is 1.78. The highest BCUT2D eigenvalue weighted by atomic mass is 16.4. The molecule has 0 aliphatic carbocycles. The van der Waals surface area contributed by atoms with Crippen LogP contribution in [0.1, 0.15) is 18.9 Å². The first kappa shape index (κ1) is 10.5. The maximum atomic E-state index is 10.4. The van der Waals surface area contributed by atoms with E-state index in [9.17, 15) is 4.79 Å². The summed E-state index contributed by atoms with van der Waals surface area (Å²) in [6.07, 6.45) is 0. The van der Waals surface area contributed by atoms with Gasteiger partial charge in [0.05, 0.1) is 12.6 Å². The fourth-order valence-corrected chi connectivity index (χ4v) is 0.767. The van der Waals surface area contributed by atoms with Crippen molar-refractivity contribution in [3.8, 4) is 0 Å². The normalized spacial score (nSPS) is 12.4. The first-order valence-corrected chi connectivity index (χ1v) is 4.16. The Morgan fingerprint density at radius 2 is 2.36 bits per heavy atom. The molecular formula is C7H13N5O2. The number of carbonyl (C=O) groups excluding carboxylic acids is 1. The minimum Gasteiger partial charge on any atom is -0.406 e. The van der Waals surface area contributed by atoms with Crippen molar-refractivity contribution in [1.29, 1.82) is 0 Å². The Morgan fingerprint density at radius 3 is 2.93 bits per heavy atom. The van der Waals surface area contributed by atoms with Gasteiger partial charge in [-0.05, 0) is 14.0 Å². The number of rotatable bonds is 5. The van der Waals surface area contributed by atoms with Gasteiger partial charge in [-0.3, -0.25) is 4.79 Å². The second-order valence-electron chi connectivity index (χ2n) is 2.78. The summed E-state index contributed by atoms with van der Waals surface area (Å²) in [5.41, 5.74) is 4.93. The van der Waals surface area contributed by atoms with Crippen LogP contribution in [0.2, 0.25) is 0 Å². The Labute approximate surface area is 81.1 Å². The number of primary amides is 1. The molecule has 7 nitrogen and oxygen atoms in total. The van der Waals surface area contributed by atoms with Crippen LogP contribution < -0.4 is 16.4 Å². The van der Waals surface area contributed by atoms with Gasteiger partial charge in [-0.2, -0.15) is 0 Å². The Balaban J connectivity index is 2.54. The number of amides is 1. The monoisotopic (exact) mass is 199 g/mol. The lowest BCUT2D eigenvalue weighted by Gasteiger charge is -2.02. The third kappa shape index (κ3) is 2.70. The van der Waals surface area contributed by atoms with Crippen LogP contribution in [0.15, 0.2) is 4.42 Å². The lowest BCUT2D eigenvalue weighted by atomic mass is 10.3. The van der Waals surface area contributed by atoms with E-state index in [1.54, 1.807) is 7.05 Å². The maximum absolute atomic E-state index is 10.4. The zero-order chi connectivity index (χ0) is 10.6. The quantitative estimate of drug-likeness (QED) is 0.576. The number of anilines is 1. The van der Waals surface area contributed by atoms with Gasteiger partial charge in [0.1, 0.15) is 0 Å². The molecule has 4 N–H and O–H groups in total. The van der Waals surface area contributed by atoms with Gasteiger partial charge >= 0.3 is 6.01 Å². The molecule has 0 spiro atoms. The molecule has 1 heterocycles. The van der Waals surface area contributed by atoms with Crippen LogP contribution in [0.25, 0.3) is 0 Å². The van der Waals surface area contributed by atoms with Gasteiger partial charge < -0.3 is 20.8 Å². The van der Waals surface area contributed by atoms with E-state index >= 15 is 0 Å². The van der Waals surface area contributed by atoms with Crippen LogP contribution in [0.4, 0.5) is 6.01 Å². The molecular weight excluding hydrogens is 186 g/mol. The molecule has 0 aliphatic rings. The van der Waals surface area contributed by atoms with Crippen molar-refractivity contribution in [2.24, 2.45) is 5.73 Å². The lowest BCUT2D eigenvalue weighted by Crippen LogP contribution is -2.21. The second-order valence-corrected chi connectivity index (χ2v) is 2.78. The topological polar surface area (TPSA) is 106 Å². The van der Waals surface area contributed by atoms with E-state index in [-0.39, 0.29) is 18.6 Å². The van der Waals surface area contributed by atoms with Crippen molar-refractivity contribution in [3.05, 3.63) is 5.89 Å². The van der Waals surface area contributed by atoms with Crippen molar-refractivity contribution in [3.63, 3.8) is 0 Å². The molecule has 1 rings (SSSR count). The van der Waals surface area contributed by atoms with Crippen LogP contribution in [0.3, 0.4) is 0 Å². The number of nitrogens with one attached hydrogen (secondary N) is 2. The van der Waals surface area contributed by atoms with Crippen molar-refractivity contribution >= 4 is 11.9 Å². The zero-order valence-corrected chi connectivity index (χ0v) is 8.07. The average molecular weight is 199 g/mol. The molecule has 7 heteroatoms. The number of aromatic nitrogens is 2. The highest BCUT2D eigenvalue weighted by Crippen LogP contribution is 2.12. The Bertz CT molecular complexity index is 311. The van der Waals surface area contributed by atoms with E-state index in [2.05, 4.69) is 20.8 Å². The molecule has 1 atom stereocenters. The van der Waals surface area contributed by atoms with Gasteiger partial charge in [-0.1, -0.05) is 5.10 Å². The van der Waals surface area contributed by atoms with Gasteiger partial charge in [-0.15, -0.1) is 5.10 Å². The minimum absolute atomic E-state index is 0.0183.